The Morgan fingerprint density at radius 2 is 1.56 bits per heavy atom. The fourth-order valence-corrected chi connectivity index (χ4v) is 5.94. The van der Waals surface area contributed by atoms with Crippen LogP contribution in [0.4, 0.5) is 17.1 Å². The number of benzene rings is 3. The van der Waals surface area contributed by atoms with Crippen LogP contribution in [0.2, 0.25) is 10.0 Å². The first-order chi connectivity index (χ1) is 20.9. The van der Waals surface area contributed by atoms with Crippen LogP contribution in [0.3, 0.4) is 0 Å². The molecule has 2 saturated heterocycles. The highest BCUT2D eigenvalue weighted by Gasteiger charge is 2.24. The smallest absolute Gasteiger partial charge is 0.257 e. The van der Waals surface area contributed by atoms with Gasteiger partial charge in [0, 0.05) is 62.2 Å². The van der Waals surface area contributed by atoms with E-state index in [0.29, 0.717) is 28.4 Å². The number of carbonyl (C=O) groups excluding carboxylic acids is 2. The first kappa shape index (κ1) is 30.9. The quantitative estimate of drug-likeness (QED) is 0.306. The second kappa shape index (κ2) is 14.8. The van der Waals surface area contributed by atoms with Gasteiger partial charge in [-0.25, -0.2) is 0 Å². The van der Waals surface area contributed by atoms with Crippen molar-refractivity contribution in [3.8, 4) is 5.75 Å². The van der Waals surface area contributed by atoms with Gasteiger partial charge in [-0.05, 0) is 61.5 Å². The molecule has 0 atom stereocenters. The number of morpholine rings is 1. The fourth-order valence-electron chi connectivity index (χ4n) is 5.45. The minimum Gasteiger partial charge on any atom is -0.495 e. The molecule has 2 N–H and O–H groups in total. The topological polar surface area (TPSA) is 86.4 Å². The summed E-state index contributed by atoms with van der Waals surface area (Å²) in [7, 11) is 1.68. The van der Waals surface area contributed by atoms with E-state index in [1.807, 2.05) is 30.3 Å². The van der Waals surface area contributed by atoms with Crippen molar-refractivity contribution in [1.29, 1.82) is 0 Å². The summed E-state index contributed by atoms with van der Waals surface area (Å²) < 4.78 is 11.0. The normalized spacial score (nSPS) is 15.7. The second-order valence-corrected chi connectivity index (χ2v) is 11.4. The number of ether oxygens (including phenoxy) is 2. The van der Waals surface area contributed by atoms with Gasteiger partial charge in [0.15, 0.2) is 0 Å². The number of hydrogen-bond acceptors (Lipinski definition) is 7. The summed E-state index contributed by atoms with van der Waals surface area (Å²) in [5.41, 5.74) is 3.20. The molecule has 2 heterocycles. The lowest BCUT2D eigenvalue weighted by Gasteiger charge is -2.38. The molecule has 0 unspecified atom stereocenters. The minimum absolute atomic E-state index is 0.176. The van der Waals surface area contributed by atoms with Crippen molar-refractivity contribution in [1.82, 2.24) is 10.2 Å². The van der Waals surface area contributed by atoms with Crippen LogP contribution in [-0.2, 0) is 4.74 Å². The van der Waals surface area contributed by atoms with Crippen molar-refractivity contribution in [2.45, 2.75) is 6.42 Å². The lowest BCUT2D eigenvalue weighted by molar-refractivity contribution is 0.0374. The maximum Gasteiger partial charge on any atom is 0.257 e. The zero-order valence-corrected chi connectivity index (χ0v) is 25.8. The first-order valence-electron chi connectivity index (χ1n) is 14.5. The molecule has 0 aliphatic carbocycles. The summed E-state index contributed by atoms with van der Waals surface area (Å²) in [5.74, 6) is 0.287. The van der Waals surface area contributed by atoms with Crippen LogP contribution in [0.1, 0.15) is 27.1 Å². The molecular formula is C32H37Cl2N5O4. The Hall–Kier alpha value is -3.50. The van der Waals surface area contributed by atoms with Crippen molar-refractivity contribution >= 4 is 52.1 Å². The van der Waals surface area contributed by atoms with Gasteiger partial charge >= 0.3 is 0 Å². The van der Waals surface area contributed by atoms with Gasteiger partial charge in [-0.15, -0.1) is 0 Å². The summed E-state index contributed by atoms with van der Waals surface area (Å²) in [6.07, 6.45) is 0.837. The molecule has 11 heteroatoms. The van der Waals surface area contributed by atoms with Gasteiger partial charge in [-0.2, -0.15) is 0 Å². The van der Waals surface area contributed by atoms with Crippen LogP contribution < -0.4 is 25.2 Å². The van der Waals surface area contributed by atoms with E-state index >= 15 is 0 Å². The Labute approximate surface area is 262 Å². The third-order valence-corrected chi connectivity index (χ3v) is 8.31. The van der Waals surface area contributed by atoms with Gasteiger partial charge in [-0.1, -0.05) is 35.3 Å². The summed E-state index contributed by atoms with van der Waals surface area (Å²) in [6, 6.07) is 18.2. The molecule has 0 radical (unpaired) electrons. The largest absolute Gasteiger partial charge is 0.495 e. The van der Waals surface area contributed by atoms with Crippen LogP contribution in [0.5, 0.6) is 5.75 Å². The molecule has 2 aliphatic rings. The van der Waals surface area contributed by atoms with Gasteiger partial charge in [-0.3, -0.25) is 14.5 Å². The number of carbonyl (C=O) groups is 2. The number of rotatable bonds is 10. The Morgan fingerprint density at radius 1 is 0.837 bits per heavy atom. The number of piperazine rings is 1. The predicted octanol–water partition coefficient (Wildman–Crippen LogP) is 5.03. The average Bonchev–Trinajstić information content (AvgIpc) is 3.03. The number of amides is 2. The number of nitrogens with zero attached hydrogens (tertiary/aromatic N) is 3. The molecule has 5 rings (SSSR count). The van der Waals surface area contributed by atoms with Gasteiger partial charge in [0.1, 0.15) is 5.75 Å². The van der Waals surface area contributed by atoms with E-state index in [4.69, 9.17) is 32.7 Å². The van der Waals surface area contributed by atoms with E-state index in [1.54, 1.807) is 25.3 Å². The fraction of sp³-hybridized carbons (Fsp3) is 0.375. The Bertz CT molecular complexity index is 1420. The van der Waals surface area contributed by atoms with Gasteiger partial charge in [0.2, 0.25) is 0 Å². The molecule has 228 valence electrons. The van der Waals surface area contributed by atoms with Crippen LogP contribution in [0.15, 0.2) is 60.7 Å². The molecule has 3 aromatic carbocycles. The maximum atomic E-state index is 13.6. The summed E-state index contributed by atoms with van der Waals surface area (Å²) in [5, 5.41) is 6.69. The lowest BCUT2D eigenvalue weighted by atomic mass is 10.1. The highest BCUT2D eigenvalue weighted by molar-refractivity contribution is 6.37. The standard InChI is InChI=1S/C32H37Cl2N5O4/c1-42-30-6-3-2-5-29(30)39-15-13-38(14-16-39)28-10-8-24(36-32(41)25-9-7-23(33)21-27(25)34)22-26(28)31(40)35-11-4-12-37-17-19-43-20-18-37/h2-3,5-10,21-22H,4,11-20H2,1H3,(H,35,40)(H,36,41). The average molecular weight is 627 g/mol. The van der Waals surface area contributed by atoms with Crippen LogP contribution in [-0.4, -0.2) is 89.4 Å². The third-order valence-electron chi connectivity index (χ3n) is 7.76. The van der Waals surface area contributed by atoms with E-state index < -0.39 is 0 Å². The third kappa shape index (κ3) is 7.92. The summed E-state index contributed by atoms with van der Waals surface area (Å²) in [4.78, 5) is 33.5. The Kier molecular flexibility index (Phi) is 10.6. The van der Waals surface area contributed by atoms with Crippen molar-refractivity contribution in [3.05, 3.63) is 81.8 Å². The number of hydrogen-bond donors (Lipinski definition) is 2. The van der Waals surface area contributed by atoms with Crippen molar-refractivity contribution < 1.29 is 19.1 Å². The molecule has 9 nitrogen and oxygen atoms in total. The first-order valence-corrected chi connectivity index (χ1v) is 15.3. The lowest BCUT2D eigenvalue weighted by Crippen LogP contribution is -2.47. The van der Waals surface area contributed by atoms with Crippen molar-refractivity contribution in [2.75, 3.05) is 87.8 Å². The number of halogens is 2. The number of methoxy groups -OCH3 is 1. The zero-order chi connectivity index (χ0) is 30.2. The highest BCUT2D eigenvalue weighted by atomic mass is 35.5. The zero-order valence-electron chi connectivity index (χ0n) is 24.3. The van der Waals surface area contributed by atoms with Crippen molar-refractivity contribution in [2.24, 2.45) is 0 Å². The van der Waals surface area contributed by atoms with E-state index in [1.165, 1.54) is 6.07 Å². The van der Waals surface area contributed by atoms with Crippen LogP contribution in [0.25, 0.3) is 0 Å². The highest BCUT2D eigenvalue weighted by Crippen LogP contribution is 2.31. The van der Waals surface area contributed by atoms with E-state index in [9.17, 15) is 9.59 Å². The number of anilines is 3. The molecule has 2 aliphatic heterocycles. The molecule has 0 aromatic heterocycles. The molecule has 2 fully saturated rings. The molecule has 0 spiro atoms. The predicted molar refractivity (Wildman–Crippen MR) is 172 cm³/mol. The Morgan fingerprint density at radius 3 is 2.28 bits per heavy atom. The summed E-state index contributed by atoms with van der Waals surface area (Å²) in [6.45, 7) is 7.77. The van der Waals surface area contributed by atoms with E-state index in [0.717, 1.165) is 82.6 Å². The molecule has 2 amide bonds. The van der Waals surface area contributed by atoms with Gasteiger partial charge in [0.25, 0.3) is 11.8 Å². The van der Waals surface area contributed by atoms with Crippen LogP contribution in [0, 0.1) is 0 Å². The molecule has 3 aromatic rings. The molecule has 0 bridgehead atoms. The molecule has 43 heavy (non-hydrogen) atoms. The monoisotopic (exact) mass is 625 g/mol. The maximum absolute atomic E-state index is 13.6. The van der Waals surface area contributed by atoms with Crippen molar-refractivity contribution in [3.63, 3.8) is 0 Å². The molecular weight excluding hydrogens is 589 g/mol. The molecule has 0 saturated carbocycles. The van der Waals surface area contributed by atoms with Gasteiger partial charge < -0.3 is 29.9 Å². The Balaban J connectivity index is 1.30. The summed E-state index contributed by atoms with van der Waals surface area (Å²) >= 11 is 12.3. The van der Waals surface area contributed by atoms with E-state index in [2.05, 4.69) is 31.4 Å². The van der Waals surface area contributed by atoms with E-state index in [-0.39, 0.29) is 16.8 Å². The second-order valence-electron chi connectivity index (χ2n) is 10.5. The van der Waals surface area contributed by atoms with Gasteiger partial charge in [0.05, 0.1) is 42.2 Å². The minimum atomic E-state index is -0.378. The number of para-hydroxylation sites is 2. The van der Waals surface area contributed by atoms with Crippen LogP contribution >= 0.6 is 23.2 Å². The number of nitrogens with one attached hydrogen (secondary N) is 2. The SMILES string of the molecule is COc1ccccc1N1CCN(c2ccc(NC(=O)c3ccc(Cl)cc3Cl)cc2C(=O)NCCCN2CCOCC2)CC1.